The highest BCUT2D eigenvalue weighted by Crippen LogP contribution is 2.29. The number of piperazine rings is 1. The van der Waals surface area contributed by atoms with Crippen LogP contribution in [0, 0.1) is 0 Å². The zero-order valence-corrected chi connectivity index (χ0v) is 15.1. The van der Waals surface area contributed by atoms with Gasteiger partial charge in [-0.3, -0.25) is 4.98 Å². The lowest BCUT2D eigenvalue weighted by atomic mass is 10.2. The number of rotatable bonds is 4. The molecule has 0 atom stereocenters. The molecular weight excluding hydrogens is 338 g/mol. The summed E-state index contributed by atoms with van der Waals surface area (Å²) in [6, 6.07) is 5.61. The van der Waals surface area contributed by atoms with Crippen LogP contribution < -0.4 is 19.7 Å². The van der Waals surface area contributed by atoms with Crippen molar-refractivity contribution in [3.63, 3.8) is 0 Å². The van der Waals surface area contributed by atoms with E-state index in [9.17, 15) is 0 Å². The number of nitrogens with one attached hydrogen (secondary N) is 1. The Morgan fingerprint density at radius 3 is 2.56 bits per heavy atom. The SMILES string of the molecule is COc1ccc(NC(=S)N2CCN(c3cnccn3)CC2)c(OC)c1. The second kappa shape index (κ2) is 7.98. The van der Waals surface area contributed by atoms with Gasteiger partial charge in [0.05, 0.1) is 26.1 Å². The summed E-state index contributed by atoms with van der Waals surface area (Å²) in [4.78, 5) is 12.8. The molecule has 1 saturated heterocycles. The number of nitrogens with zero attached hydrogens (tertiary/aromatic N) is 4. The highest BCUT2D eigenvalue weighted by molar-refractivity contribution is 7.80. The molecule has 1 aromatic carbocycles. The topological polar surface area (TPSA) is 62.8 Å². The monoisotopic (exact) mass is 359 g/mol. The molecule has 0 aliphatic carbocycles. The lowest BCUT2D eigenvalue weighted by Crippen LogP contribution is -2.50. The molecule has 1 aliphatic rings. The van der Waals surface area contributed by atoms with E-state index in [4.69, 9.17) is 21.7 Å². The highest BCUT2D eigenvalue weighted by atomic mass is 32.1. The van der Waals surface area contributed by atoms with Crippen molar-refractivity contribution in [2.24, 2.45) is 0 Å². The Balaban J connectivity index is 1.60. The van der Waals surface area contributed by atoms with Gasteiger partial charge in [-0.05, 0) is 24.4 Å². The number of thiocarbonyl (C=S) groups is 1. The Morgan fingerprint density at radius 2 is 1.92 bits per heavy atom. The van der Waals surface area contributed by atoms with Crippen LogP contribution in [0.2, 0.25) is 0 Å². The maximum atomic E-state index is 5.56. The quantitative estimate of drug-likeness (QED) is 0.832. The van der Waals surface area contributed by atoms with Crippen molar-refractivity contribution in [2.45, 2.75) is 0 Å². The Bertz CT molecular complexity index is 720. The van der Waals surface area contributed by atoms with Crippen molar-refractivity contribution >= 4 is 28.8 Å². The molecule has 1 fully saturated rings. The number of ether oxygens (including phenoxy) is 2. The van der Waals surface area contributed by atoms with Crippen LogP contribution in [0.4, 0.5) is 11.5 Å². The van der Waals surface area contributed by atoms with Gasteiger partial charge in [-0.15, -0.1) is 0 Å². The van der Waals surface area contributed by atoms with E-state index in [1.165, 1.54) is 0 Å². The number of aromatic nitrogens is 2. The summed E-state index contributed by atoms with van der Waals surface area (Å²) in [6.07, 6.45) is 5.18. The largest absolute Gasteiger partial charge is 0.497 e. The summed E-state index contributed by atoms with van der Waals surface area (Å²) in [7, 11) is 3.26. The molecule has 0 amide bonds. The van der Waals surface area contributed by atoms with Gasteiger partial charge in [0.15, 0.2) is 5.11 Å². The first kappa shape index (κ1) is 17.2. The van der Waals surface area contributed by atoms with Crippen LogP contribution in [-0.2, 0) is 0 Å². The van der Waals surface area contributed by atoms with E-state index in [0.717, 1.165) is 43.4 Å². The zero-order chi connectivity index (χ0) is 17.6. The van der Waals surface area contributed by atoms with Crippen LogP contribution >= 0.6 is 12.2 Å². The molecule has 132 valence electrons. The summed E-state index contributed by atoms with van der Waals surface area (Å²) >= 11 is 5.56. The summed E-state index contributed by atoms with van der Waals surface area (Å²) < 4.78 is 10.6. The van der Waals surface area contributed by atoms with E-state index in [0.29, 0.717) is 10.9 Å². The molecule has 1 aliphatic heterocycles. The molecular formula is C17H21N5O2S. The van der Waals surface area contributed by atoms with Crippen molar-refractivity contribution in [3.8, 4) is 11.5 Å². The number of hydrogen-bond acceptors (Lipinski definition) is 6. The molecule has 0 bridgehead atoms. The third-order valence-corrected chi connectivity index (χ3v) is 4.45. The number of anilines is 2. The normalized spacial score (nSPS) is 14.2. The first-order valence-corrected chi connectivity index (χ1v) is 8.41. The van der Waals surface area contributed by atoms with Gasteiger partial charge in [0, 0.05) is 44.6 Å². The standard InChI is InChI=1S/C17H21N5O2S/c1-23-13-3-4-14(15(11-13)24-2)20-17(25)22-9-7-21(8-10-22)16-12-18-5-6-19-16/h3-6,11-12H,7-10H2,1-2H3,(H,20,25). The van der Waals surface area contributed by atoms with Crippen LogP contribution in [0.5, 0.6) is 11.5 Å². The second-order valence-electron chi connectivity index (χ2n) is 5.53. The molecule has 1 aromatic heterocycles. The van der Waals surface area contributed by atoms with Crippen LogP contribution in [0.15, 0.2) is 36.8 Å². The molecule has 3 rings (SSSR count). The maximum absolute atomic E-state index is 5.56. The first-order valence-electron chi connectivity index (χ1n) is 8.00. The zero-order valence-electron chi connectivity index (χ0n) is 14.3. The fourth-order valence-electron chi connectivity index (χ4n) is 2.69. The fourth-order valence-corrected chi connectivity index (χ4v) is 2.98. The van der Waals surface area contributed by atoms with Gasteiger partial charge in [-0.25, -0.2) is 4.98 Å². The van der Waals surface area contributed by atoms with E-state index < -0.39 is 0 Å². The van der Waals surface area contributed by atoms with Gasteiger partial charge in [-0.2, -0.15) is 0 Å². The number of hydrogen-bond donors (Lipinski definition) is 1. The average Bonchev–Trinajstić information content (AvgIpc) is 2.69. The van der Waals surface area contributed by atoms with Crippen LogP contribution in [0.25, 0.3) is 0 Å². The Labute approximate surface area is 152 Å². The van der Waals surface area contributed by atoms with Gasteiger partial charge in [-0.1, -0.05) is 0 Å². The van der Waals surface area contributed by atoms with E-state index in [2.05, 4.69) is 25.1 Å². The van der Waals surface area contributed by atoms with Crippen molar-refractivity contribution in [3.05, 3.63) is 36.8 Å². The molecule has 0 unspecified atom stereocenters. The predicted octanol–water partition coefficient (Wildman–Crippen LogP) is 2.01. The van der Waals surface area contributed by atoms with Crippen LogP contribution in [0.3, 0.4) is 0 Å². The van der Waals surface area contributed by atoms with Crippen molar-refractivity contribution < 1.29 is 9.47 Å². The van der Waals surface area contributed by atoms with E-state index >= 15 is 0 Å². The minimum absolute atomic E-state index is 0.683. The van der Waals surface area contributed by atoms with Gasteiger partial charge < -0.3 is 24.6 Å². The van der Waals surface area contributed by atoms with Gasteiger partial charge in [0.2, 0.25) is 0 Å². The molecule has 1 N–H and O–H groups in total. The molecule has 25 heavy (non-hydrogen) atoms. The van der Waals surface area contributed by atoms with Crippen LogP contribution in [-0.4, -0.2) is 60.4 Å². The minimum Gasteiger partial charge on any atom is -0.497 e. The van der Waals surface area contributed by atoms with Crippen LogP contribution in [0.1, 0.15) is 0 Å². The van der Waals surface area contributed by atoms with Gasteiger partial charge in [0.1, 0.15) is 17.3 Å². The molecule has 2 heterocycles. The van der Waals surface area contributed by atoms with Gasteiger partial charge in [0.25, 0.3) is 0 Å². The molecule has 2 aromatic rings. The molecule has 0 saturated carbocycles. The lowest BCUT2D eigenvalue weighted by Gasteiger charge is -2.36. The third-order valence-electron chi connectivity index (χ3n) is 4.09. The van der Waals surface area contributed by atoms with E-state index in [1.54, 1.807) is 32.8 Å². The summed E-state index contributed by atoms with van der Waals surface area (Å²) in [5, 5.41) is 3.95. The minimum atomic E-state index is 0.683. The third kappa shape index (κ3) is 4.08. The summed E-state index contributed by atoms with van der Waals surface area (Å²) in [5.41, 5.74) is 0.824. The van der Waals surface area contributed by atoms with E-state index in [1.807, 2.05) is 18.2 Å². The average molecular weight is 359 g/mol. The summed E-state index contributed by atoms with van der Waals surface area (Å²) in [6.45, 7) is 3.34. The van der Waals surface area contributed by atoms with E-state index in [-0.39, 0.29) is 0 Å². The Hall–Kier alpha value is -2.61. The van der Waals surface area contributed by atoms with Gasteiger partial charge >= 0.3 is 0 Å². The molecule has 0 spiro atoms. The molecule has 0 radical (unpaired) electrons. The Morgan fingerprint density at radius 1 is 1.12 bits per heavy atom. The molecule has 7 nitrogen and oxygen atoms in total. The number of benzene rings is 1. The fraction of sp³-hybridized carbons (Fsp3) is 0.353. The van der Waals surface area contributed by atoms with Crippen molar-refractivity contribution in [2.75, 3.05) is 50.6 Å². The predicted molar refractivity (Wildman–Crippen MR) is 102 cm³/mol. The number of methoxy groups -OCH3 is 2. The maximum Gasteiger partial charge on any atom is 0.173 e. The second-order valence-corrected chi connectivity index (χ2v) is 5.92. The summed E-state index contributed by atoms with van der Waals surface area (Å²) in [5.74, 6) is 2.34. The lowest BCUT2D eigenvalue weighted by molar-refractivity contribution is 0.387. The van der Waals surface area contributed by atoms with Crippen molar-refractivity contribution in [1.29, 1.82) is 0 Å². The van der Waals surface area contributed by atoms with Crippen molar-refractivity contribution in [1.82, 2.24) is 14.9 Å². The first-order chi connectivity index (χ1) is 12.2. The highest BCUT2D eigenvalue weighted by Gasteiger charge is 2.20. The Kier molecular flexibility index (Phi) is 5.49. The smallest absolute Gasteiger partial charge is 0.173 e. The molecule has 8 heteroatoms.